The van der Waals surface area contributed by atoms with Gasteiger partial charge in [0.1, 0.15) is 11.6 Å². The molecule has 0 saturated heterocycles. The molecule has 0 atom stereocenters. The number of carbonyl (C=O) groups excluding carboxylic acids is 1. The Bertz CT molecular complexity index is 581. The lowest BCUT2D eigenvalue weighted by Gasteiger charge is -1.99. The third-order valence-corrected chi connectivity index (χ3v) is 3.54. The van der Waals surface area contributed by atoms with Crippen molar-refractivity contribution in [2.24, 2.45) is 5.84 Å². The zero-order chi connectivity index (χ0) is 13.8. The molecule has 3 N–H and O–H groups in total. The van der Waals surface area contributed by atoms with Gasteiger partial charge in [0, 0.05) is 10.5 Å². The molecule has 0 spiro atoms. The zero-order valence-electron chi connectivity index (χ0n) is 10.3. The molecule has 100 valence electrons. The van der Waals surface area contributed by atoms with Crippen LogP contribution in [0, 0.1) is 12.7 Å². The Labute approximate surface area is 114 Å². The van der Waals surface area contributed by atoms with Crippen LogP contribution in [0.1, 0.15) is 21.9 Å². The zero-order valence-corrected chi connectivity index (χ0v) is 11.1. The Morgan fingerprint density at radius 2 is 2.11 bits per heavy atom. The minimum atomic E-state index is -0.449. The fourth-order valence-corrected chi connectivity index (χ4v) is 2.38. The van der Waals surface area contributed by atoms with E-state index in [1.807, 2.05) is 5.43 Å². The SMILES string of the molecule is Cc1cc(CSc2ccc(F)cc2)oc1C(=O)NN. The lowest BCUT2D eigenvalue weighted by atomic mass is 10.2. The highest BCUT2D eigenvalue weighted by Gasteiger charge is 2.14. The maximum atomic E-state index is 12.7. The minimum absolute atomic E-state index is 0.220. The highest BCUT2D eigenvalue weighted by Crippen LogP contribution is 2.25. The molecular formula is C13H13FN2O2S. The number of benzene rings is 1. The second-order valence-corrected chi connectivity index (χ2v) is 4.99. The standard InChI is InChI=1S/C13H13FN2O2S/c1-8-6-10(18-12(8)13(17)16-15)7-19-11-4-2-9(14)3-5-11/h2-6H,7,15H2,1H3,(H,16,17). The molecule has 0 saturated carbocycles. The van der Waals surface area contributed by atoms with Crippen LogP contribution in [0.4, 0.5) is 4.39 Å². The molecule has 2 rings (SSSR count). The molecule has 6 heteroatoms. The first-order valence-electron chi connectivity index (χ1n) is 5.59. The van der Waals surface area contributed by atoms with Crippen LogP contribution in [-0.4, -0.2) is 5.91 Å². The molecule has 0 aliphatic heterocycles. The third kappa shape index (κ3) is 3.36. The van der Waals surface area contributed by atoms with Crippen molar-refractivity contribution in [1.82, 2.24) is 5.43 Å². The Kier molecular flexibility index (Phi) is 4.24. The summed E-state index contributed by atoms with van der Waals surface area (Å²) in [5.74, 6) is 5.80. The second-order valence-electron chi connectivity index (χ2n) is 3.94. The molecular weight excluding hydrogens is 267 g/mol. The van der Waals surface area contributed by atoms with Crippen molar-refractivity contribution >= 4 is 17.7 Å². The summed E-state index contributed by atoms with van der Waals surface area (Å²) in [6.07, 6.45) is 0. The number of halogens is 1. The first-order valence-corrected chi connectivity index (χ1v) is 6.57. The lowest BCUT2D eigenvalue weighted by Crippen LogP contribution is -2.30. The summed E-state index contributed by atoms with van der Waals surface area (Å²) >= 11 is 1.50. The van der Waals surface area contributed by atoms with E-state index >= 15 is 0 Å². The van der Waals surface area contributed by atoms with E-state index in [1.165, 1.54) is 23.9 Å². The van der Waals surface area contributed by atoms with Gasteiger partial charge in [-0.2, -0.15) is 0 Å². The van der Waals surface area contributed by atoms with Gasteiger partial charge in [-0.05, 0) is 37.3 Å². The minimum Gasteiger partial charge on any atom is -0.455 e. The molecule has 0 aliphatic carbocycles. The second kappa shape index (κ2) is 5.90. The van der Waals surface area contributed by atoms with Crippen molar-refractivity contribution in [1.29, 1.82) is 0 Å². The topological polar surface area (TPSA) is 68.3 Å². The van der Waals surface area contributed by atoms with Crippen molar-refractivity contribution in [3.63, 3.8) is 0 Å². The van der Waals surface area contributed by atoms with E-state index < -0.39 is 5.91 Å². The molecule has 0 unspecified atom stereocenters. The summed E-state index contributed by atoms with van der Waals surface area (Å²) in [6.45, 7) is 1.78. The first kappa shape index (κ1) is 13.6. The van der Waals surface area contributed by atoms with E-state index in [1.54, 1.807) is 25.1 Å². The van der Waals surface area contributed by atoms with Crippen molar-refractivity contribution in [2.75, 3.05) is 0 Å². The fraction of sp³-hybridized carbons (Fsp3) is 0.154. The van der Waals surface area contributed by atoms with Gasteiger partial charge in [0.25, 0.3) is 0 Å². The van der Waals surface area contributed by atoms with Crippen LogP contribution in [0.25, 0.3) is 0 Å². The molecule has 0 bridgehead atoms. The highest BCUT2D eigenvalue weighted by atomic mass is 32.2. The Hall–Kier alpha value is -1.79. The monoisotopic (exact) mass is 280 g/mol. The van der Waals surface area contributed by atoms with Crippen LogP contribution in [0.15, 0.2) is 39.6 Å². The Balaban J connectivity index is 2.04. The van der Waals surface area contributed by atoms with Gasteiger partial charge < -0.3 is 4.42 Å². The molecule has 4 nitrogen and oxygen atoms in total. The summed E-state index contributed by atoms with van der Waals surface area (Å²) in [4.78, 5) is 12.3. The van der Waals surface area contributed by atoms with Crippen LogP contribution >= 0.6 is 11.8 Å². The normalized spacial score (nSPS) is 10.5. The predicted octanol–water partition coefficient (Wildman–Crippen LogP) is 2.62. The van der Waals surface area contributed by atoms with Gasteiger partial charge in [-0.3, -0.25) is 10.2 Å². The number of aryl methyl sites for hydroxylation is 1. The predicted molar refractivity (Wildman–Crippen MR) is 71.1 cm³/mol. The van der Waals surface area contributed by atoms with Gasteiger partial charge in [-0.15, -0.1) is 11.8 Å². The largest absolute Gasteiger partial charge is 0.455 e. The fourth-order valence-electron chi connectivity index (χ4n) is 1.60. The maximum Gasteiger partial charge on any atom is 0.301 e. The van der Waals surface area contributed by atoms with Gasteiger partial charge >= 0.3 is 5.91 Å². The number of hydrazine groups is 1. The van der Waals surface area contributed by atoms with Crippen LogP contribution < -0.4 is 11.3 Å². The van der Waals surface area contributed by atoms with Gasteiger partial charge in [0.05, 0.1) is 5.75 Å². The van der Waals surface area contributed by atoms with Gasteiger partial charge in [-0.1, -0.05) is 0 Å². The number of carbonyl (C=O) groups is 1. The summed E-state index contributed by atoms with van der Waals surface area (Å²) in [5.41, 5.74) is 2.77. The quantitative estimate of drug-likeness (QED) is 0.391. The van der Waals surface area contributed by atoms with E-state index in [0.29, 0.717) is 11.5 Å². The van der Waals surface area contributed by atoms with E-state index in [4.69, 9.17) is 10.3 Å². The molecule has 19 heavy (non-hydrogen) atoms. The van der Waals surface area contributed by atoms with Gasteiger partial charge in [0.15, 0.2) is 5.76 Å². The van der Waals surface area contributed by atoms with Crippen LogP contribution in [0.2, 0.25) is 0 Å². The van der Waals surface area contributed by atoms with Gasteiger partial charge in [-0.25, -0.2) is 10.2 Å². The van der Waals surface area contributed by atoms with Crippen LogP contribution in [0.3, 0.4) is 0 Å². The highest BCUT2D eigenvalue weighted by molar-refractivity contribution is 7.98. The Morgan fingerprint density at radius 1 is 1.42 bits per heavy atom. The number of furan rings is 1. The summed E-state index contributed by atoms with van der Waals surface area (Å²) < 4.78 is 18.2. The average molecular weight is 280 g/mol. The number of thioether (sulfide) groups is 1. The smallest absolute Gasteiger partial charge is 0.301 e. The first-order chi connectivity index (χ1) is 9.10. The van der Waals surface area contributed by atoms with Crippen molar-refractivity contribution in [2.45, 2.75) is 17.6 Å². The summed E-state index contributed by atoms with van der Waals surface area (Å²) in [6, 6.07) is 8.00. The van der Waals surface area contributed by atoms with E-state index in [-0.39, 0.29) is 11.6 Å². The number of nitrogens with two attached hydrogens (primary N) is 1. The number of nitrogens with one attached hydrogen (secondary N) is 1. The average Bonchev–Trinajstić information content (AvgIpc) is 2.78. The molecule has 0 fully saturated rings. The van der Waals surface area contributed by atoms with Crippen molar-refractivity contribution in [3.05, 3.63) is 53.2 Å². The molecule has 1 amide bonds. The number of amides is 1. The van der Waals surface area contributed by atoms with Crippen molar-refractivity contribution < 1.29 is 13.6 Å². The molecule has 1 heterocycles. The van der Waals surface area contributed by atoms with E-state index in [2.05, 4.69) is 0 Å². The number of nitrogen functional groups attached to an aromatic ring is 1. The number of rotatable bonds is 4. The molecule has 1 aromatic carbocycles. The maximum absolute atomic E-state index is 12.7. The summed E-state index contributed by atoms with van der Waals surface area (Å²) in [7, 11) is 0. The third-order valence-electron chi connectivity index (χ3n) is 2.50. The van der Waals surface area contributed by atoms with Crippen LogP contribution in [-0.2, 0) is 5.75 Å². The molecule has 1 aromatic heterocycles. The molecule has 0 radical (unpaired) electrons. The van der Waals surface area contributed by atoms with Crippen LogP contribution in [0.5, 0.6) is 0 Å². The van der Waals surface area contributed by atoms with E-state index in [9.17, 15) is 9.18 Å². The van der Waals surface area contributed by atoms with Crippen molar-refractivity contribution in [3.8, 4) is 0 Å². The number of hydrogen-bond acceptors (Lipinski definition) is 4. The Morgan fingerprint density at radius 3 is 2.74 bits per heavy atom. The molecule has 2 aromatic rings. The van der Waals surface area contributed by atoms with Gasteiger partial charge in [0.2, 0.25) is 0 Å². The summed E-state index contributed by atoms with van der Waals surface area (Å²) in [5, 5.41) is 0. The van der Waals surface area contributed by atoms with E-state index in [0.717, 1.165) is 10.5 Å². The lowest BCUT2D eigenvalue weighted by molar-refractivity contribution is 0.0923. The number of hydrogen-bond donors (Lipinski definition) is 2. The molecule has 0 aliphatic rings.